The zero-order valence-electron chi connectivity index (χ0n) is 14.2. The van der Waals surface area contributed by atoms with Crippen molar-refractivity contribution in [2.24, 2.45) is 11.3 Å². The van der Waals surface area contributed by atoms with Crippen molar-refractivity contribution < 1.29 is 4.79 Å². The molecule has 1 amide bonds. The summed E-state index contributed by atoms with van der Waals surface area (Å²) in [5, 5.41) is 3.41. The van der Waals surface area contributed by atoms with Crippen LogP contribution >= 0.6 is 0 Å². The molecule has 2 atom stereocenters. The molecule has 0 saturated carbocycles. The van der Waals surface area contributed by atoms with Crippen LogP contribution in [0.15, 0.2) is 30.5 Å². The summed E-state index contributed by atoms with van der Waals surface area (Å²) in [5.41, 5.74) is 2.30. The highest BCUT2D eigenvalue weighted by Gasteiger charge is 2.54. The zero-order valence-corrected chi connectivity index (χ0v) is 14.2. The van der Waals surface area contributed by atoms with Gasteiger partial charge in [0.05, 0.1) is 34.9 Å². The molecule has 2 aliphatic heterocycles. The summed E-state index contributed by atoms with van der Waals surface area (Å²) in [5.74, 6) is 0.622. The first-order valence-electron chi connectivity index (χ1n) is 8.44. The maximum absolute atomic E-state index is 13.2. The van der Waals surface area contributed by atoms with Crippen LogP contribution in [0.5, 0.6) is 0 Å². The van der Waals surface area contributed by atoms with E-state index in [-0.39, 0.29) is 11.3 Å². The third-order valence-electron chi connectivity index (χ3n) is 5.37. The van der Waals surface area contributed by atoms with Crippen LogP contribution in [0, 0.1) is 11.3 Å². The van der Waals surface area contributed by atoms with Crippen LogP contribution in [0.25, 0.3) is 11.0 Å². The number of likely N-dealkylation sites (tertiary alicyclic amines) is 1. The SMILES string of the molecule is CN1C[C@H]2CNC[C@@]2(C(=O)N(C)Cc2cnc3ccccc3n2)C1. The summed E-state index contributed by atoms with van der Waals surface area (Å²) in [6.07, 6.45) is 1.77. The number of benzene rings is 1. The number of fused-ring (bicyclic) bond motifs is 2. The van der Waals surface area contributed by atoms with E-state index in [0.717, 1.165) is 42.9 Å². The molecule has 24 heavy (non-hydrogen) atoms. The molecule has 0 aliphatic carbocycles. The van der Waals surface area contributed by atoms with E-state index in [1.807, 2.05) is 36.2 Å². The fourth-order valence-corrected chi connectivity index (χ4v) is 4.24. The molecule has 2 saturated heterocycles. The summed E-state index contributed by atoms with van der Waals surface area (Å²) in [4.78, 5) is 26.3. The average Bonchev–Trinajstić information content (AvgIpc) is 3.10. The number of rotatable bonds is 3. The summed E-state index contributed by atoms with van der Waals surface area (Å²) < 4.78 is 0. The third-order valence-corrected chi connectivity index (χ3v) is 5.37. The van der Waals surface area contributed by atoms with Crippen molar-refractivity contribution in [3.8, 4) is 0 Å². The van der Waals surface area contributed by atoms with Gasteiger partial charge >= 0.3 is 0 Å². The number of aromatic nitrogens is 2. The summed E-state index contributed by atoms with van der Waals surface area (Å²) in [6.45, 7) is 4.02. The Morgan fingerprint density at radius 2 is 2.21 bits per heavy atom. The highest BCUT2D eigenvalue weighted by molar-refractivity contribution is 5.84. The highest BCUT2D eigenvalue weighted by atomic mass is 16.2. The van der Waals surface area contributed by atoms with Crippen molar-refractivity contribution >= 4 is 16.9 Å². The number of para-hydroxylation sites is 2. The molecule has 1 aromatic heterocycles. The van der Waals surface area contributed by atoms with Gasteiger partial charge in [0.25, 0.3) is 0 Å². The quantitative estimate of drug-likeness (QED) is 0.902. The Kier molecular flexibility index (Phi) is 3.73. The van der Waals surface area contributed by atoms with Crippen molar-refractivity contribution in [2.45, 2.75) is 6.54 Å². The van der Waals surface area contributed by atoms with Gasteiger partial charge in [-0.15, -0.1) is 0 Å². The van der Waals surface area contributed by atoms with Crippen LogP contribution < -0.4 is 5.32 Å². The molecule has 1 N–H and O–H groups in total. The summed E-state index contributed by atoms with van der Waals surface area (Å²) in [7, 11) is 3.98. The zero-order chi connectivity index (χ0) is 16.7. The molecule has 6 heteroatoms. The molecular weight excluding hydrogens is 302 g/mol. The van der Waals surface area contributed by atoms with E-state index < -0.39 is 0 Å². The topological polar surface area (TPSA) is 61.4 Å². The van der Waals surface area contributed by atoms with Crippen LogP contribution in [0.4, 0.5) is 0 Å². The Morgan fingerprint density at radius 3 is 3.04 bits per heavy atom. The molecule has 0 bridgehead atoms. The molecule has 6 nitrogen and oxygen atoms in total. The molecule has 0 unspecified atom stereocenters. The fourth-order valence-electron chi connectivity index (χ4n) is 4.24. The second-order valence-corrected chi connectivity index (χ2v) is 7.19. The molecule has 2 fully saturated rings. The molecule has 1 aromatic carbocycles. The van der Waals surface area contributed by atoms with Gasteiger partial charge in [-0.3, -0.25) is 9.78 Å². The molecule has 126 valence electrons. The van der Waals surface area contributed by atoms with Gasteiger partial charge in [0.2, 0.25) is 5.91 Å². The first kappa shape index (κ1) is 15.5. The van der Waals surface area contributed by atoms with E-state index in [1.54, 1.807) is 6.20 Å². The van der Waals surface area contributed by atoms with E-state index in [9.17, 15) is 4.79 Å². The van der Waals surface area contributed by atoms with Crippen LogP contribution in [-0.4, -0.2) is 65.9 Å². The van der Waals surface area contributed by atoms with Gasteiger partial charge in [-0.1, -0.05) is 12.1 Å². The van der Waals surface area contributed by atoms with Crippen molar-refractivity contribution in [3.05, 3.63) is 36.2 Å². The Morgan fingerprint density at radius 1 is 1.42 bits per heavy atom. The van der Waals surface area contributed by atoms with E-state index in [2.05, 4.69) is 27.2 Å². The van der Waals surface area contributed by atoms with Gasteiger partial charge in [-0.2, -0.15) is 0 Å². The van der Waals surface area contributed by atoms with Gasteiger partial charge < -0.3 is 15.1 Å². The molecule has 3 heterocycles. The normalized spacial score (nSPS) is 26.7. The molecule has 2 aliphatic rings. The lowest BCUT2D eigenvalue weighted by Gasteiger charge is -2.31. The lowest BCUT2D eigenvalue weighted by atomic mass is 9.79. The van der Waals surface area contributed by atoms with Gasteiger partial charge in [0.15, 0.2) is 0 Å². The summed E-state index contributed by atoms with van der Waals surface area (Å²) >= 11 is 0. The molecule has 4 rings (SSSR count). The van der Waals surface area contributed by atoms with Gasteiger partial charge in [-0.05, 0) is 19.2 Å². The minimum Gasteiger partial charge on any atom is -0.339 e. The Hall–Kier alpha value is -2.05. The molecular formula is C18H23N5O. The van der Waals surface area contributed by atoms with Crippen LogP contribution in [0.2, 0.25) is 0 Å². The van der Waals surface area contributed by atoms with Crippen molar-refractivity contribution in [1.29, 1.82) is 0 Å². The second kappa shape index (κ2) is 5.79. The average molecular weight is 325 g/mol. The van der Waals surface area contributed by atoms with E-state index in [4.69, 9.17) is 0 Å². The highest BCUT2D eigenvalue weighted by Crippen LogP contribution is 2.39. The number of hydrogen-bond acceptors (Lipinski definition) is 5. The number of nitrogens with zero attached hydrogens (tertiary/aromatic N) is 4. The number of carbonyl (C=O) groups is 1. The molecule has 0 radical (unpaired) electrons. The maximum Gasteiger partial charge on any atom is 0.231 e. The molecule has 2 aromatic rings. The van der Waals surface area contributed by atoms with Crippen LogP contribution in [0.1, 0.15) is 5.69 Å². The van der Waals surface area contributed by atoms with Gasteiger partial charge in [-0.25, -0.2) is 4.98 Å². The maximum atomic E-state index is 13.2. The largest absolute Gasteiger partial charge is 0.339 e. The lowest BCUT2D eigenvalue weighted by molar-refractivity contribution is -0.141. The fraction of sp³-hybridized carbons (Fsp3) is 0.500. The van der Waals surface area contributed by atoms with Crippen LogP contribution in [0.3, 0.4) is 0 Å². The minimum absolute atomic E-state index is 0.219. The van der Waals surface area contributed by atoms with Gasteiger partial charge in [0.1, 0.15) is 0 Å². The monoisotopic (exact) mass is 325 g/mol. The molecule has 0 spiro atoms. The second-order valence-electron chi connectivity index (χ2n) is 7.19. The van der Waals surface area contributed by atoms with Crippen LogP contribution in [-0.2, 0) is 11.3 Å². The minimum atomic E-state index is -0.284. The van der Waals surface area contributed by atoms with Crippen molar-refractivity contribution in [2.75, 3.05) is 40.3 Å². The predicted octanol–water partition coefficient (Wildman–Crippen LogP) is 0.739. The Bertz CT molecular complexity index is 779. The summed E-state index contributed by atoms with van der Waals surface area (Å²) in [6, 6.07) is 7.81. The first-order valence-corrected chi connectivity index (χ1v) is 8.44. The van der Waals surface area contributed by atoms with Gasteiger partial charge in [0, 0.05) is 39.1 Å². The van der Waals surface area contributed by atoms with E-state index in [0.29, 0.717) is 12.5 Å². The lowest BCUT2D eigenvalue weighted by Crippen LogP contribution is -2.47. The Labute approximate surface area is 141 Å². The predicted molar refractivity (Wildman–Crippen MR) is 92.3 cm³/mol. The number of carbonyl (C=O) groups excluding carboxylic acids is 1. The number of nitrogens with one attached hydrogen (secondary N) is 1. The number of hydrogen-bond donors (Lipinski definition) is 1. The smallest absolute Gasteiger partial charge is 0.231 e. The number of amides is 1. The Balaban J connectivity index is 1.54. The first-order chi connectivity index (χ1) is 11.6. The van der Waals surface area contributed by atoms with Crippen molar-refractivity contribution in [3.63, 3.8) is 0 Å². The van der Waals surface area contributed by atoms with E-state index >= 15 is 0 Å². The van der Waals surface area contributed by atoms with Crippen molar-refractivity contribution in [1.82, 2.24) is 25.1 Å². The van der Waals surface area contributed by atoms with E-state index in [1.165, 1.54) is 0 Å². The standard InChI is InChI=1S/C18H23N5O/c1-22-9-13-7-19-11-18(13,12-22)17(24)23(2)10-14-8-20-15-5-3-4-6-16(15)21-14/h3-6,8,13,19H,7,9-12H2,1-2H3/t13-,18-/m1/s1. The third kappa shape index (κ3) is 2.46.